The molecular weight excluding hydrogens is 230 g/mol. The Morgan fingerprint density at radius 3 is 2.50 bits per heavy atom. The zero-order chi connectivity index (χ0) is 14.0. The highest BCUT2D eigenvalue weighted by atomic mass is 16.4. The van der Waals surface area contributed by atoms with Crippen LogP contribution in [-0.4, -0.2) is 40.4 Å². The predicted molar refractivity (Wildman–Crippen MR) is 71.6 cm³/mol. The van der Waals surface area contributed by atoms with Gasteiger partial charge in [0.1, 0.15) is 0 Å². The molecule has 0 aromatic heterocycles. The molecule has 0 aromatic rings. The Morgan fingerprint density at radius 1 is 1.44 bits per heavy atom. The van der Waals surface area contributed by atoms with E-state index in [0.29, 0.717) is 6.54 Å². The van der Waals surface area contributed by atoms with Gasteiger partial charge < -0.3 is 15.1 Å². The molecule has 1 amide bonds. The number of aliphatic hydroxyl groups is 1. The van der Waals surface area contributed by atoms with Crippen LogP contribution in [0.25, 0.3) is 0 Å². The minimum Gasteiger partial charge on any atom is -0.465 e. The number of nitrogens with zero attached hydrogens (tertiary/aromatic N) is 1. The summed E-state index contributed by atoms with van der Waals surface area (Å²) in [6.45, 7) is 9.36. The van der Waals surface area contributed by atoms with Crippen LogP contribution in [0.5, 0.6) is 0 Å². The summed E-state index contributed by atoms with van der Waals surface area (Å²) >= 11 is 0. The molecule has 1 rings (SSSR count). The van der Waals surface area contributed by atoms with Crippen molar-refractivity contribution >= 4 is 6.09 Å². The quantitative estimate of drug-likeness (QED) is 0.817. The molecule has 1 fully saturated rings. The molecule has 4 nitrogen and oxygen atoms in total. The molecule has 2 N–H and O–H groups in total. The number of likely N-dealkylation sites (tertiary alicyclic amines) is 1. The van der Waals surface area contributed by atoms with Crippen LogP contribution in [0.3, 0.4) is 0 Å². The van der Waals surface area contributed by atoms with E-state index in [1.54, 1.807) is 4.90 Å². The molecule has 0 aliphatic carbocycles. The van der Waals surface area contributed by atoms with Crippen LogP contribution in [0.4, 0.5) is 4.79 Å². The summed E-state index contributed by atoms with van der Waals surface area (Å²) in [5, 5.41) is 18.3. The van der Waals surface area contributed by atoms with Crippen molar-refractivity contribution in [3.63, 3.8) is 0 Å². The highest BCUT2D eigenvalue weighted by Gasteiger charge is 2.43. The largest absolute Gasteiger partial charge is 0.465 e. The van der Waals surface area contributed by atoms with Gasteiger partial charge in [-0.25, -0.2) is 4.79 Å². The highest BCUT2D eigenvalue weighted by Crippen LogP contribution is 2.43. The monoisotopic (exact) mass is 257 g/mol. The van der Waals surface area contributed by atoms with Gasteiger partial charge in [0.25, 0.3) is 0 Å². The average molecular weight is 257 g/mol. The predicted octanol–water partition coefficient (Wildman–Crippen LogP) is 2.95. The summed E-state index contributed by atoms with van der Waals surface area (Å²) in [4.78, 5) is 12.9. The molecule has 0 radical (unpaired) electrons. The number of piperidine rings is 1. The Hall–Kier alpha value is -0.770. The molecule has 0 bridgehead atoms. The first-order valence-electron chi connectivity index (χ1n) is 6.80. The number of rotatable bonds is 3. The average Bonchev–Trinajstić information content (AvgIpc) is 2.25. The summed E-state index contributed by atoms with van der Waals surface area (Å²) in [6.07, 6.45) is 2.76. The maximum Gasteiger partial charge on any atom is 0.407 e. The molecule has 1 saturated heterocycles. The maximum absolute atomic E-state index is 11.3. The standard InChI is InChI=1S/C14H27NO3/c1-13(2,3)11-10-14(4,6-5-9-16)7-8-15(11)12(17)18/h11,16H,5-10H2,1-4H3,(H,17,18). The van der Waals surface area contributed by atoms with Crippen LogP contribution in [0.1, 0.15) is 53.4 Å². The zero-order valence-corrected chi connectivity index (χ0v) is 12.1. The molecule has 1 aliphatic rings. The lowest BCUT2D eigenvalue weighted by atomic mass is 9.68. The van der Waals surface area contributed by atoms with Gasteiger partial charge in [-0.15, -0.1) is 0 Å². The molecule has 1 heterocycles. The number of hydrogen-bond acceptors (Lipinski definition) is 2. The van der Waals surface area contributed by atoms with Gasteiger partial charge in [-0.3, -0.25) is 0 Å². The van der Waals surface area contributed by atoms with E-state index < -0.39 is 6.09 Å². The smallest absolute Gasteiger partial charge is 0.407 e. The molecule has 1 aliphatic heterocycles. The SMILES string of the molecule is CC1(CCCO)CCN(C(=O)O)C(C(C)(C)C)C1. The normalized spacial score (nSPS) is 29.4. The Bertz CT molecular complexity index is 298. The van der Waals surface area contributed by atoms with Gasteiger partial charge in [0, 0.05) is 19.2 Å². The van der Waals surface area contributed by atoms with Crippen molar-refractivity contribution in [1.82, 2.24) is 4.90 Å². The molecule has 4 heteroatoms. The third kappa shape index (κ3) is 3.61. The first kappa shape index (κ1) is 15.3. The van der Waals surface area contributed by atoms with Gasteiger partial charge in [-0.05, 0) is 36.5 Å². The fraction of sp³-hybridized carbons (Fsp3) is 0.929. The van der Waals surface area contributed by atoms with Crippen LogP contribution in [0, 0.1) is 10.8 Å². The second kappa shape index (κ2) is 5.47. The second-order valence-corrected chi connectivity index (χ2v) is 6.95. The molecule has 0 aromatic carbocycles. The highest BCUT2D eigenvalue weighted by molar-refractivity contribution is 5.65. The third-order valence-electron chi connectivity index (χ3n) is 4.20. The van der Waals surface area contributed by atoms with Gasteiger partial charge in [0.2, 0.25) is 0 Å². The molecule has 0 spiro atoms. The van der Waals surface area contributed by atoms with E-state index in [2.05, 4.69) is 27.7 Å². The van der Waals surface area contributed by atoms with Gasteiger partial charge >= 0.3 is 6.09 Å². The van der Waals surface area contributed by atoms with E-state index in [-0.39, 0.29) is 23.5 Å². The van der Waals surface area contributed by atoms with Crippen LogP contribution in [-0.2, 0) is 0 Å². The fourth-order valence-electron chi connectivity index (χ4n) is 2.96. The molecule has 18 heavy (non-hydrogen) atoms. The molecule has 2 unspecified atom stereocenters. The van der Waals surface area contributed by atoms with Gasteiger partial charge in [0.15, 0.2) is 0 Å². The second-order valence-electron chi connectivity index (χ2n) is 6.95. The number of amides is 1. The van der Waals surface area contributed by atoms with E-state index in [0.717, 1.165) is 25.7 Å². The van der Waals surface area contributed by atoms with Crippen LogP contribution in [0.15, 0.2) is 0 Å². The number of hydrogen-bond donors (Lipinski definition) is 2. The van der Waals surface area contributed by atoms with Crippen LogP contribution in [0.2, 0.25) is 0 Å². The summed E-state index contributed by atoms with van der Waals surface area (Å²) in [5.74, 6) is 0. The topological polar surface area (TPSA) is 60.8 Å². The lowest BCUT2D eigenvalue weighted by Crippen LogP contribution is -2.54. The summed E-state index contributed by atoms with van der Waals surface area (Å²) in [6, 6.07) is 0.0624. The minimum absolute atomic E-state index is 0.0424. The maximum atomic E-state index is 11.3. The van der Waals surface area contributed by atoms with Crippen molar-refractivity contribution < 1.29 is 15.0 Å². The first-order valence-corrected chi connectivity index (χ1v) is 6.80. The summed E-state index contributed by atoms with van der Waals surface area (Å²) in [7, 11) is 0. The van der Waals surface area contributed by atoms with Gasteiger partial charge in [0.05, 0.1) is 0 Å². The van der Waals surface area contributed by atoms with E-state index in [1.165, 1.54) is 0 Å². The van der Waals surface area contributed by atoms with E-state index >= 15 is 0 Å². The number of aliphatic hydroxyl groups excluding tert-OH is 1. The van der Waals surface area contributed by atoms with E-state index in [1.807, 2.05) is 0 Å². The van der Waals surface area contributed by atoms with Crippen LogP contribution >= 0.6 is 0 Å². The minimum atomic E-state index is -0.806. The number of carboxylic acid groups (broad SMARTS) is 1. The third-order valence-corrected chi connectivity index (χ3v) is 4.20. The van der Waals surface area contributed by atoms with Crippen molar-refractivity contribution in [2.75, 3.05) is 13.2 Å². The van der Waals surface area contributed by atoms with Crippen molar-refractivity contribution in [2.24, 2.45) is 10.8 Å². The Balaban J connectivity index is 2.82. The van der Waals surface area contributed by atoms with Gasteiger partial charge in [-0.1, -0.05) is 27.7 Å². The Morgan fingerprint density at radius 2 is 2.06 bits per heavy atom. The Kier molecular flexibility index (Phi) is 4.65. The molecular formula is C14H27NO3. The molecule has 106 valence electrons. The summed E-state index contributed by atoms with van der Waals surface area (Å²) in [5.41, 5.74) is 0.117. The first-order chi connectivity index (χ1) is 8.19. The fourth-order valence-corrected chi connectivity index (χ4v) is 2.96. The lowest BCUT2D eigenvalue weighted by Gasteiger charge is -2.49. The zero-order valence-electron chi connectivity index (χ0n) is 12.1. The van der Waals surface area contributed by atoms with E-state index in [4.69, 9.17) is 5.11 Å². The number of carbonyl (C=O) groups is 1. The van der Waals surface area contributed by atoms with Crippen molar-refractivity contribution in [3.05, 3.63) is 0 Å². The molecule has 0 saturated carbocycles. The van der Waals surface area contributed by atoms with Crippen molar-refractivity contribution in [2.45, 2.75) is 59.4 Å². The van der Waals surface area contributed by atoms with Crippen LogP contribution < -0.4 is 0 Å². The molecule has 2 atom stereocenters. The van der Waals surface area contributed by atoms with Crippen molar-refractivity contribution in [3.8, 4) is 0 Å². The lowest BCUT2D eigenvalue weighted by molar-refractivity contribution is 0.00506. The van der Waals surface area contributed by atoms with Gasteiger partial charge in [-0.2, -0.15) is 0 Å². The van der Waals surface area contributed by atoms with E-state index in [9.17, 15) is 9.90 Å². The Labute approximate surface area is 110 Å². The summed E-state index contributed by atoms with van der Waals surface area (Å²) < 4.78 is 0. The van der Waals surface area contributed by atoms with Crippen molar-refractivity contribution in [1.29, 1.82) is 0 Å².